The highest BCUT2D eigenvalue weighted by atomic mass is 16.3. The molecular weight excluding hydrogens is 276 g/mol. The molecule has 0 bridgehead atoms. The van der Waals surface area contributed by atoms with Crippen molar-refractivity contribution in [2.24, 2.45) is 11.0 Å². The summed E-state index contributed by atoms with van der Waals surface area (Å²) in [5, 5.41) is 13.4. The van der Waals surface area contributed by atoms with Crippen molar-refractivity contribution in [1.82, 2.24) is 5.43 Å². The van der Waals surface area contributed by atoms with Crippen LogP contribution in [0.2, 0.25) is 0 Å². The van der Waals surface area contributed by atoms with Gasteiger partial charge in [-0.2, -0.15) is 5.10 Å². The van der Waals surface area contributed by atoms with E-state index in [-0.39, 0.29) is 17.6 Å². The lowest BCUT2D eigenvalue weighted by Gasteiger charge is -2.03. The van der Waals surface area contributed by atoms with Crippen LogP contribution in [0.4, 0.5) is 0 Å². The lowest BCUT2D eigenvalue weighted by molar-refractivity contribution is -0.122. The van der Waals surface area contributed by atoms with Crippen molar-refractivity contribution in [1.29, 1.82) is 0 Å². The Morgan fingerprint density at radius 2 is 1.82 bits per heavy atom. The Morgan fingerprint density at radius 3 is 2.50 bits per heavy atom. The number of nitrogens with zero attached hydrogens (tertiary/aromatic N) is 1. The third-order valence-corrected chi connectivity index (χ3v) is 3.97. The van der Waals surface area contributed by atoms with E-state index >= 15 is 0 Å². The molecule has 2 atom stereocenters. The Kier molecular flexibility index (Phi) is 3.92. The van der Waals surface area contributed by atoms with Crippen molar-refractivity contribution in [3.8, 4) is 5.75 Å². The number of hydrogen-bond acceptors (Lipinski definition) is 3. The van der Waals surface area contributed by atoms with Crippen LogP contribution in [0.25, 0.3) is 0 Å². The number of amides is 1. The minimum atomic E-state index is -0.0352. The zero-order valence-corrected chi connectivity index (χ0v) is 12.4. The van der Waals surface area contributed by atoms with E-state index in [2.05, 4.69) is 22.7 Å². The molecule has 0 unspecified atom stereocenters. The molecule has 0 aromatic heterocycles. The van der Waals surface area contributed by atoms with Gasteiger partial charge in [-0.25, -0.2) is 5.43 Å². The van der Waals surface area contributed by atoms with Gasteiger partial charge in [0.2, 0.25) is 5.91 Å². The van der Waals surface area contributed by atoms with Gasteiger partial charge < -0.3 is 5.11 Å². The van der Waals surface area contributed by atoms with Crippen LogP contribution in [0.15, 0.2) is 59.7 Å². The highest BCUT2D eigenvalue weighted by molar-refractivity contribution is 5.99. The standard InChI is InChI=1S/C18H18N2O2/c1-12(13-7-9-15(21)10-8-13)19-20-18(22)17-11-16(17)14-5-3-2-4-6-14/h2-10,16-17,21H,11H2,1H3,(H,20,22)/b19-12-/t16-,17+/m1/s1. The van der Waals surface area contributed by atoms with Gasteiger partial charge in [0.1, 0.15) is 5.75 Å². The topological polar surface area (TPSA) is 61.7 Å². The Bertz CT molecular complexity index is 693. The van der Waals surface area contributed by atoms with Crippen molar-refractivity contribution in [2.75, 3.05) is 0 Å². The van der Waals surface area contributed by atoms with Crippen LogP contribution in [0.5, 0.6) is 5.75 Å². The number of benzene rings is 2. The maximum atomic E-state index is 12.1. The summed E-state index contributed by atoms with van der Waals surface area (Å²) in [6, 6.07) is 16.8. The number of hydrazone groups is 1. The van der Waals surface area contributed by atoms with Crippen LogP contribution in [-0.4, -0.2) is 16.7 Å². The highest BCUT2D eigenvalue weighted by Gasteiger charge is 2.43. The van der Waals surface area contributed by atoms with Crippen molar-refractivity contribution in [3.05, 3.63) is 65.7 Å². The lowest BCUT2D eigenvalue weighted by atomic mass is 10.1. The molecule has 22 heavy (non-hydrogen) atoms. The molecule has 2 aromatic rings. The first-order valence-corrected chi connectivity index (χ1v) is 7.33. The van der Waals surface area contributed by atoms with Gasteiger partial charge in [0.15, 0.2) is 0 Å². The van der Waals surface area contributed by atoms with Gasteiger partial charge in [0.25, 0.3) is 0 Å². The third-order valence-electron chi connectivity index (χ3n) is 3.97. The summed E-state index contributed by atoms with van der Waals surface area (Å²) in [4.78, 5) is 12.1. The van der Waals surface area contributed by atoms with Crippen molar-refractivity contribution in [2.45, 2.75) is 19.3 Å². The van der Waals surface area contributed by atoms with Crippen LogP contribution in [0, 0.1) is 5.92 Å². The molecule has 4 heteroatoms. The smallest absolute Gasteiger partial charge is 0.243 e. The maximum absolute atomic E-state index is 12.1. The molecule has 2 N–H and O–H groups in total. The highest BCUT2D eigenvalue weighted by Crippen LogP contribution is 2.47. The molecule has 3 rings (SSSR count). The third kappa shape index (κ3) is 3.17. The molecule has 1 amide bonds. The number of carbonyl (C=O) groups excluding carboxylic acids is 1. The number of nitrogens with one attached hydrogen (secondary N) is 1. The summed E-state index contributed by atoms with van der Waals surface area (Å²) in [6.45, 7) is 1.83. The van der Waals surface area contributed by atoms with Crippen LogP contribution < -0.4 is 5.43 Å². The molecule has 4 nitrogen and oxygen atoms in total. The zero-order valence-electron chi connectivity index (χ0n) is 12.4. The Hall–Kier alpha value is -2.62. The zero-order chi connectivity index (χ0) is 15.5. The second kappa shape index (κ2) is 6.02. The van der Waals surface area contributed by atoms with Gasteiger partial charge >= 0.3 is 0 Å². The predicted octanol–water partition coefficient (Wildman–Crippen LogP) is 3.04. The second-order valence-corrected chi connectivity index (χ2v) is 5.58. The van der Waals surface area contributed by atoms with Crippen LogP contribution in [0.1, 0.15) is 30.4 Å². The fourth-order valence-electron chi connectivity index (χ4n) is 2.54. The average molecular weight is 294 g/mol. The monoisotopic (exact) mass is 294 g/mol. The fraction of sp³-hybridized carbons (Fsp3) is 0.222. The molecular formula is C18H18N2O2. The Balaban J connectivity index is 1.59. The minimum absolute atomic E-state index is 0.0127. The number of carbonyl (C=O) groups is 1. The molecule has 0 spiro atoms. The van der Waals surface area contributed by atoms with Crippen LogP contribution in [-0.2, 0) is 4.79 Å². The molecule has 1 aliphatic carbocycles. The molecule has 0 saturated heterocycles. The molecule has 0 aliphatic heterocycles. The largest absolute Gasteiger partial charge is 0.508 e. The molecule has 0 radical (unpaired) electrons. The van der Waals surface area contributed by atoms with Crippen molar-refractivity contribution >= 4 is 11.6 Å². The van der Waals surface area contributed by atoms with Crippen LogP contribution >= 0.6 is 0 Å². The summed E-state index contributed by atoms with van der Waals surface area (Å²) >= 11 is 0. The van der Waals surface area contributed by atoms with E-state index in [0.717, 1.165) is 12.0 Å². The van der Waals surface area contributed by atoms with Gasteiger partial charge in [0.05, 0.1) is 5.71 Å². The first-order chi connectivity index (χ1) is 10.6. The molecule has 112 valence electrons. The molecule has 1 aliphatic rings. The van der Waals surface area contributed by atoms with Crippen molar-refractivity contribution < 1.29 is 9.90 Å². The van der Waals surface area contributed by atoms with E-state index in [0.29, 0.717) is 11.6 Å². The Labute approximate surface area is 129 Å². The van der Waals surface area contributed by atoms with Gasteiger partial charge in [0, 0.05) is 5.92 Å². The van der Waals surface area contributed by atoms with E-state index in [4.69, 9.17) is 0 Å². The van der Waals surface area contributed by atoms with Crippen molar-refractivity contribution in [3.63, 3.8) is 0 Å². The second-order valence-electron chi connectivity index (χ2n) is 5.58. The summed E-state index contributed by atoms with van der Waals surface area (Å²) in [5.74, 6) is 0.500. The van der Waals surface area contributed by atoms with Gasteiger partial charge in [-0.3, -0.25) is 4.79 Å². The molecule has 0 heterocycles. The molecule has 1 fully saturated rings. The van der Waals surface area contributed by atoms with E-state index < -0.39 is 0 Å². The SMILES string of the molecule is C/C(=N/NC(=O)[C@H]1C[C@@H]1c1ccccc1)c1ccc(O)cc1. The maximum Gasteiger partial charge on any atom is 0.243 e. The first-order valence-electron chi connectivity index (χ1n) is 7.33. The minimum Gasteiger partial charge on any atom is -0.508 e. The number of rotatable bonds is 4. The van der Waals surface area contributed by atoms with Gasteiger partial charge in [-0.1, -0.05) is 30.3 Å². The van der Waals surface area contributed by atoms with E-state index in [1.54, 1.807) is 24.3 Å². The predicted molar refractivity (Wildman–Crippen MR) is 85.8 cm³/mol. The lowest BCUT2D eigenvalue weighted by Crippen LogP contribution is -2.21. The number of aromatic hydroxyl groups is 1. The molecule has 2 aromatic carbocycles. The number of hydrogen-bond donors (Lipinski definition) is 2. The Morgan fingerprint density at radius 1 is 1.14 bits per heavy atom. The van der Waals surface area contributed by atoms with Gasteiger partial charge in [-0.15, -0.1) is 0 Å². The summed E-state index contributed by atoms with van der Waals surface area (Å²) in [7, 11) is 0. The van der Waals surface area contributed by atoms with Gasteiger partial charge in [-0.05, 0) is 54.7 Å². The summed E-state index contributed by atoms with van der Waals surface area (Å²) < 4.78 is 0. The number of phenolic OH excluding ortho intramolecular Hbond substituents is 1. The van der Waals surface area contributed by atoms with E-state index in [9.17, 15) is 9.90 Å². The molecule has 1 saturated carbocycles. The summed E-state index contributed by atoms with van der Waals surface area (Å²) in [6.07, 6.45) is 0.879. The fourth-order valence-corrected chi connectivity index (χ4v) is 2.54. The number of phenols is 1. The normalized spacial score (nSPS) is 20.5. The van der Waals surface area contributed by atoms with Crippen LogP contribution in [0.3, 0.4) is 0 Å². The summed E-state index contributed by atoms with van der Waals surface area (Å²) in [5.41, 5.74) is 5.44. The quantitative estimate of drug-likeness (QED) is 0.672. The van der Waals surface area contributed by atoms with E-state index in [1.165, 1.54) is 5.56 Å². The average Bonchev–Trinajstić information content (AvgIpc) is 3.34. The first kappa shape index (κ1) is 14.3. The van der Waals surface area contributed by atoms with E-state index in [1.807, 2.05) is 25.1 Å².